The number of carbonyl (C=O) groups excluding carboxylic acids is 5. The molecular formula is C45H50F3N7O6S. The molecule has 4 N–H and O–H groups in total. The quantitative estimate of drug-likeness (QED) is 0.0827. The second-order valence-electron chi connectivity index (χ2n) is 17.5. The lowest BCUT2D eigenvalue weighted by atomic mass is 9.81. The summed E-state index contributed by atoms with van der Waals surface area (Å²) in [7, 11) is 0. The van der Waals surface area contributed by atoms with E-state index in [1.54, 1.807) is 55.5 Å². The number of fused-ring (bicyclic) bond motifs is 2. The Morgan fingerprint density at radius 1 is 0.903 bits per heavy atom. The van der Waals surface area contributed by atoms with Crippen molar-refractivity contribution in [2.24, 2.45) is 11.8 Å². The van der Waals surface area contributed by atoms with Crippen LogP contribution in [0.25, 0.3) is 10.2 Å². The molecule has 3 aliphatic heterocycles. The highest BCUT2D eigenvalue weighted by atomic mass is 32.1. The number of aliphatic hydroxyl groups is 1. The summed E-state index contributed by atoms with van der Waals surface area (Å²) in [5, 5.41) is 20.3. The van der Waals surface area contributed by atoms with Crippen molar-refractivity contribution >= 4 is 62.5 Å². The van der Waals surface area contributed by atoms with Crippen molar-refractivity contribution in [1.29, 1.82) is 0 Å². The Bertz CT molecular complexity index is 2400. The van der Waals surface area contributed by atoms with Crippen LogP contribution in [-0.2, 0) is 21.4 Å². The molecule has 0 bridgehead atoms. The summed E-state index contributed by atoms with van der Waals surface area (Å²) >= 11 is 1.54. The molecule has 4 aliphatic rings. The van der Waals surface area contributed by atoms with E-state index in [0.717, 1.165) is 97.7 Å². The van der Waals surface area contributed by atoms with Gasteiger partial charge in [0.2, 0.25) is 11.8 Å². The molecule has 2 aromatic carbocycles. The number of carbonyl (C=O) groups is 5. The molecule has 62 heavy (non-hydrogen) atoms. The predicted molar refractivity (Wildman–Crippen MR) is 227 cm³/mol. The van der Waals surface area contributed by atoms with Crippen LogP contribution in [-0.4, -0.2) is 86.6 Å². The van der Waals surface area contributed by atoms with Crippen LogP contribution in [0.15, 0.2) is 48.5 Å². The van der Waals surface area contributed by atoms with Gasteiger partial charge < -0.3 is 20.6 Å². The van der Waals surface area contributed by atoms with Crippen LogP contribution in [0.3, 0.4) is 0 Å². The second kappa shape index (κ2) is 17.5. The smallest absolute Gasteiger partial charge is 0.386 e. The molecule has 1 saturated carbocycles. The molecule has 8 rings (SSSR count). The van der Waals surface area contributed by atoms with E-state index < -0.39 is 53.0 Å². The van der Waals surface area contributed by atoms with E-state index in [2.05, 4.69) is 25.8 Å². The van der Waals surface area contributed by atoms with Gasteiger partial charge in [0.15, 0.2) is 0 Å². The number of aromatic nitrogens is 2. The zero-order chi connectivity index (χ0) is 43.9. The average Bonchev–Trinajstić information content (AvgIpc) is 3.77. The number of imide groups is 2. The fourth-order valence-corrected chi connectivity index (χ4v) is 10.5. The first-order valence-corrected chi connectivity index (χ1v) is 22.2. The third-order valence-electron chi connectivity index (χ3n) is 12.7. The lowest BCUT2D eigenvalue weighted by Gasteiger charge is -2.36. The summed E-state index contributed by atoms with van der Waals surface area (Å²) < 4.78 is 40.6. The molecule has 2 aromatic heterocycles. The van der Waals surface area contributed by atoms with Crippen LogP contribution in [0.4, 0.5) is 24.5 Å². The topological polar surface area (TPSA) is 174 Å². The zero-order valence-electron chi connectivity index (χ0n) is 34.6. The molecule has 5 amide bonds. The van der Waals surface area contributed by atoms with E-state index in [9.17, 15) is 42.3 Å². The highest BCUT2D eigenvalue weighted by molar-refractivity contribution is 7.18. The minimum Gasteiger partial charge on any atom is -0.386 e. The van der Waals surface area contributed by atoms with Gasteiger partial charge in [-0.25, -0.2) is 9.97 Å². The maximum Gasteiger partial charge on any atom is 0.433 e. The number of pyridine rings is 1. The Morgan fingerprint density at radius 2 is 1.65 bits per heavy atom. The number of amides is 5. The number of thiazole rings is 1. The summed E-state index contributed by atoms with van der Waals surface area (Å²) in [6.07, 6.45) is 3.92. The maximum atomic E-state index is 13.4. The van der Waals surface area contributed by atoms with Crippen molar-refractivity contribution in [3.05, 3.63) is 81.6 Å². The molecule has 1 atom stereocenters. The first-order valence-electron chi connectivity index (χ1n) is 21.4. The normalized spacial score (nSPS) is 21.6. The molecule has 1 aliphatic carbocycles. The van der Waals surface area contributed by atoms with Gasteiger partial charge in [-0.2, -0.15) is 13.2 Å². The van der Waals surface area contributed by atoms with Crippen molar-refractivity contribution < 1.29 is 42.3 Å². The number of nitrogens with zero attached hydrogens (tertiary/aromatic N) is 4. The monoisotopic (exact) mass is 873 g/mol. The standard InChI is InChI=1S/C45H50F3N7O6S/c1-44(2,61)29-22-33-35(23-32(29)51-39(57)31-9-4-10-36(50-31)45(46,47)48)62-41(52-33)27-13-11-26(12-14-27)24-54-20-17-25(18-21-54)6-5-19-49-30-8-3-7-28-38(30)43(60)55(42(28)59)34-15-16-37(56)53-40(34)58/h3-4,7-10,22-23,25-27,34,49,61H,5-6,11-21,24H2,1-2H3,(H,51,57)(H,53,56,58)/t26-,27-,34?. The molecule has 328 valence electrons. The molecular weight excluding hydrogens is 824 g/mol. The van der Waals surface area contributed by atoms with Gasteiger partial charge >= 0.3 is 6.18 Å². The molecule has 5 heterocycles. The SMILES string of the molecule is CC(C)(O)c1cc2nc([C@H]3CC[C@H](CN4CCC(CCCNc5cccc6c5C(=O)N(C5CCC(=O)NC5=O)C6=O)CC4)CC3)sc2cc1NC(=O)c1cccc(C(F)(F)F)n1. The first-order chi connectivity index (χ1) is 29.5. The van der Waals surface area contributed by atoms with Crippen molar-refractivity contribution in [3.63, 3.8) is 0 Å². The number of hydrogen-bond acceptors (Lipinski definition) is 11. The van der Waals surface area contributed by atoms with Crippen LogP contribution in [0.1, 0.15) is 131 Å². The van der Waals surface area contributed by atoms with Crippen molar-refractivity contribution in [3.8, 4) is 0 Å². The highest BCUT2D eigenvalue weighted by Crippen LogP contribution is 2.42. The predicted octanol–water partition coefficient (Wildman–Crippen LogP) is 7.47. The minimum atomic E-state index is -4.69. The molecule has 13 nitrogen and oxygen atoms in total. The number of likely N-dealkylation sites (tertiary alicyclic amines) is 1. The Kier molecular flexibility index (Phi) is 12.2. The number of halogens is 3. The van der Waals surface area contributed by atoms with Gasteiger partial charge in [-0.3, -0.25) is 34.2 Å². The van der Waals surface area contributed by atoms with Crippen molar-refractivity contribution in [1.82, 2.24) is 25.1 Å². The Balaban J connectivity index is 0.792. The number of anilines is 2. The van der Waals surface area contributed by atoms with Gasteiger partial charge in [0.1, 0.15) is 17.4 Å². The van der Waals surface area contributed by atoms with E-state index in [1.165, 1.54) is 6.07 Å². The zero-order valence-corrected chi connectivity index (χ0v) is 35.5. The van der Waals surface area contributed by atoms with Gasteiger partial charge in [0, 0.05) is 42.4 Å². The number of nitrogens with one attached hydrogen (secondary N) is 3. The summed E-state index contributed by atoms with van der Waals surface area (Å²) in [4.78, 5) is 75.8. The largest absolute Gasteiger partial charge is 0.433 e. The molecule has 2 saturated heterocycles. The Hall–Kier alpha value is -5.26. The first kappa shape index (κ1) is 43.4. The highest BCUT2D eigenvalue weighted by Gasteiger charge is 2.45. The van der Waals surface area contributed by atoms with E-state index in [-0.39, 0.29) is 29.7 Å². The number of rotatable bonds is 12. The lowest BCUT2D eigenvalue weighted by Crippen LogP contribution is -2.54. The van der Waals surface area contributed by atoms with E-state index in [4.69, 9.17) is 4.98 Å². The van der Waals surface area contributed by atoms with Crippen LogP contribution >= 0.6 is 11.3 Å². The van der Waals surface area contributed by atoms with Crippen LogP contribution in [0.5, 0.6) is 0 Å². The van der Waals surface area contributed by atoms with Crippen LogP contribution in [0.2, 0.25) is 0 Å². The third-order valence-corrected chi connectivity index (χ3v) is 13.9. The minimum absolute atomic E-state index is 0.0743. The fourth-order valence-electron chi connectivity index (χ4n) is 9.37. The lowest BCUT2D eigenvalue weighted by molar-refractivity contribution is -0.141. The molecule has 17 heteroatoms. The van der Waals surface area contributed by atoms with Gasteiger partial charge in [-0.1, -0.05) is 12.1 Å². The third kappa shape index (κ3) is 9.25. The van der Waals surface area contributed by atoms with Gasteiger partial charge in [0.25, 0.3) is 17.7 Å². The van der Waals surface area contributed by atoms with Gasteiger partial charge in [-0.05, 0) is 133 Å². The average molecular weight is 874 g/mol. The molecule has 1 unspecified atom stereocenters. The number of alkyl halides is 3. The molecule has 0 spiro atoms. The number of hydrogen-bond donors (Lipinski definition) is 4. The van der Waals surface area contributed by atoms with Crippen molar-refractivity contribution in [2.75, 3.05) is 36.8 Å². The maximum absolute atomic E-state index is 13.4. The molecule has 0 radical (unpaired) electrons. The summed E-state index contributed by atoms with van der Waals surface area (Å²) in [6, 6.07) is 10.8. The summed E-state index contributed by atoms with van der Waals surface area (Å²) in [6.45, 7) is 6.99. The van der Waals surface area contributed by atoms with E-state index >= 15 is 0 Å². The van der Waals surface area contributed by atoms with Crippen LogP contribution < -0.4 is 16.0 Å². The van der Waals surface area contributed by atoms with Crippen molar-refractivity contribution in [2.45, 2.75) is 102 Å². The van der Waals surface area contributed by atoms with Crippen LogP contribution in [0, 0.1) is 11.8 Å². The number of benzene rings is 2. The molecule has 3 fully saturated rings. The fraction of sp³-hybridized carbons (Fsp3) is 0.489. The van der Waals surface area contributed by atoms with E-state index in [0.29, 0.717) is 46.8 Å². The van der Waals surface area contributed by atoms with Gasteiger partial charge in [-0.15, -0.1) is 11.3 Å². The Morgan fingerprint density at radius 3 is 2.35 bits per heavy atom. The second-order valence-corrected chi connectivity index (χ2v) is 18.6. The van der Waals surface area contributed by atoms with Gasteiger partial charge in [0.05, 0.1) is 32.0 Å². The van der Waals surface area contributed by atoms with E-state index in [1.807, 2.05) is 0 Å². The summed E-state index contributed by atoms with van der Waals surface area (Å²) in [5.41, 5.74) is -0.387. The Labute approximate surface area is 360 Å². The number of piperidine rings is 2. The summed E-state index contributed by atoms with van der Waals surface area (Å²) in [5.74, 6) is -1.37. The molecule has 4 aromatic rings.